The molecule has 4 rings (SSSR count). The second-order valence-corrected chi connectivity index (χ2v) is 8.11. The van der Waals surface area contributed by atoms with Crippen LogP contribution in [0.3, 0.4) is 0 Å². The summed E-state index contributed by atoms with van der Waals surface area (Å²) in [6.45, 7) is 2.54. The predicted molar refractivity (Wildman–Crippen MR) is 91.1 cm³/mol. The molecule has 3 fully saturated rings. The Bertz CT molecular complexity index is 684. The van der Waals surface area contributed by atoms with Gasteiger partial charge in [0.15, 0.2) is 5.22 Å². The van der Waals surface area contributed by atoms with Crippen molar-refractivity contribution in [3.8, 4) is 0 Å². The summed E-state index contributed by atoms with van der Waals surface area (Å²) >= 11 is 5.81. The van der Waals surface area contributed by atoms with Crippen molar-refractivity contribution in [3.63, 3.8) is 0 Å². The first-order valence-electron chi connectivity index (χ1n) is 8.97. The maximum Gasteiger partial charge on any atom is 0.313 e. The number of likely N-dealkylation sites (tertiary alicyclic amines) is 2. The van der Waals surface area contributed by atoms with Crippen molar-refractivity contribution < 1.29 is 19.1 Å². The van der Waals surface area contributed by atoms with E-state index in [1.165, 1.54) is 0 Å². The largest absolute Gasteiger partial charge is 0.481 e. The number of furan rings is 1. The minimum absolute atomic E-state index is 0.0270. The minimum Gasteiger partial charge on any atom is -0.481 e. The fourth-order valence-electron chi connectivity index (χ4n) is 4.85. The number of carboxylic acids is 1. The van der Waals surface area contributed by atoms with Gasteiger partial charge in [-0.3, -0.25) is 14.5 Å². The molecule has 1 saturated carbocycles. The van der Waals surface area contributed by atoms with Crippen LogP contribution in [0.25, 0.3) is 0 Å². The van der Waals surface area contributed by atoms with Crippen molar-refractivity contribution >= 4 is 23.5 Å². The highest BCUT2D eigenvalue weighted by Crippen LogP contribution is 2.44. The van der Waals surface area contributed by atoms with Crippen LogP contribution in [0.4, 0.5) is 0 Å². The average Bonchev–Trinajstić information content (AvgIpc) is 3.30. The van der Waals surface area contributed by atoms with E-state index in [-0.39, 0.29) is 17.7 Å². The number of carbonyl (C=O) groups excluding carboxylic acids is 1. The van der Waals surface area contributed by atoms with Crippen LogP contribution >= 0.6 is 11.6 Å². The molecule has 136 valence electrons. The Morgan fingerprint density at radius 3 is 2.60 bits per heavy atom. The monoisotopic (exact) mass is 366 g/mol. The standard InChI is InChI=1S/C18H23ClN2O4/c19-15-6-5-14(25-15)9-20-7-13-8-21(11-18(13,10-20)17(23)24)16(22)12-3-1-2-4-12/h5-6,12-13H,1-4,7-11H2,(H,23,24)/t13-,18-/m1/s1. The molecule has 1 amide bonds. The van der Waals surface area contributed by atoms with E-state index in [0.717, 1.165) is 31.4 Å². The molecule has 0 unspecified atom stereocenters. The van der Waals surface area contributed by atoms with E-state index in [1.807, 2.05) is 11.0 Å². The van der Waals surface area contributed by atoms with Crippen LogP contribution in [-0.4, -0.2) is 53.0 Å². The topological polar surface area (TPSA) is 74.0 Å². The molecule has 2 atom stereocenters. The number of carbonyl (C=O) groups is 2. The van der Waals surface area contributed by atoms with E-state index in [2.05, 4.69) is 4.90 Å². The molecule has 0 bridgehead atoms. The summed E-state index contributed by atoms with van der Waals surface area (Å²) in [5.74, 6) is 0.187. The lowest BCUT2D eigenvalue weighted by Crippen LogP contribution is -2.42. The molecule has 2 saturated heterocycles. The molecule has 7 heteroatoms. The molecule has 0 spiro atoms. The summed E-state index contributed by atoms with van der Waals surface area (Å²) in [4.78, 5) is 28.7. The van der Waals surface area contributed by atoms with Gasteiger partial charge in [-0.25, -0.2) is 0 Å². The van der Waals surface area contributed by atoms with Gasteiger partial charge in [0.2, 0.25) is 5.91 Å². The molecular weight excluding hydrogens is 344 g/mol. The van der Waals surface area contributed by atoms with Crippen molar-refractivity contribution in [2.45, 2.75) is 32.2 Å². The van der Waals surface area contributed by atoms with Crippen molar-refractivity contribution in [2.75, 3.05) is 26.2 Å². The summed E-state index contributed by atoms with van der Waals surface area (Å²) in [6.07, 6.45) is 4.12. The third kappa shape index (κ3) is 2.95. The Morgan fingerprint density at radius 2 is 2.00 bits per heavy atom. The molecule has 1 N–H and O–H groups in total. The van der Waals surface area contributed by atoms with Gasteiger partial charge in [-0.05, 0) is 36.6 Å². The zero-order valence-electron chi connectivity index (χ0n) is 14.1. The SMILES string of the molecule is O=C(C1CCCC1)N1C[C@H]2CN(Cc3ccc(Cl)o3)C[C@@]2(C(=O)O)C1. The molecule has 3 aliphatic rings. The smallest absolute Gasteiger partial charge is 0.313 e. The first-order chi connectivity index (χ1) is 12.0. The van der Waals surface area contributed by atoms with Crippen molar-refractivity contribution in [3.05, 3.63) is 23.1 Å². The van der Waals surface area contributed by atoms with Crippen LogP contribution < -0.4 is 0 Å². The quantitative estimate of drug-likeness (QED) is 0.886. The van der Waals surface area contributed by atoms with Gasteiger partial charge < -0.3 is 14.4 Å². The van der Waals surface area contributed by atoms with Gasteiger partial charge in [0, 0.05) is 38.0 Å². The highest BCUT2D eigenvalue weighted by atomic mass is 35.5. The number of aliphatic carboxylic acids is 1. The average molecular weight is 367 g/mol. The van der Waals surface area contributed by atoms with E-state index in [0.29, 0.717) is 37.9 Å². The van der Waals surface area contributed by atoms with E-state index >= 15 is 0 Å². The Kier molecular flexibility index (Phi) is 4.28. The number of halogens is 1. The van der Waals surface area contributed by atoms with Gasteiger partial charge in [-0.1, -0.05) is 12.8 Å². The van der Waals surface area contributed by atoms with Crippen molar-refractivity contribution in [2.24, 2.45) is 17.3 Å². The Morgan fingerprint density at radius 1 is 1.24 bits per heavy atom. The predicted octanol–water partition coefficient (Wildman–Crippen LogP) is 2.47. The van der Waals surface area contributed by atoms with Crippen LogP contribution in [0.15, 0.2) is 16.5 Å². The van der Waals surface area contributed by atoms with Crippen LogP contribution in [0.1, 0.15) is 31.4 Å². The number of fused-ring (bicyclic) bond motifs is 1. The lowest BCUT2D eigenvalue weighted by Gasteiger charge is -2.26. The zero-order chi connectivity index (χ0) is 17.6. The normalized spacial score (nSPS) is 30.1. The van der Waals surface area contributed by atoms with Gasteiger partial charge >= 0.3 is 5.97 Å². The molecule has 0 radical (unpaired) electrons. The third-order valence-corrected chi connectivity index (χ3v) is 6.33. The summed E-state index contributed by atoms with van der Waals surface area (Å²) in [5, 5.41) is 10.3. The maximum atomic E-state index is 12.7. The summed E-state index contributed by atoms with van der Waals surface area (Å²) < 4.78 is 5.40. The molecule has 25 heavy (non-hydrogen) atoms. The van der Waals surface area contributed by atoms with Crippen LogP contribution in [0.5, 0.6) is 0 Å². The number of amides is 1. The molecule has 3 heterocycles. The molecule has 1 aromatic rings. The van der Waals surface area contributed by atoms with Gasteiger partial charge in [0.25, 0.3) is 0 Å². The molecule has 1 aromatic heterocycles. The highest BCUT2D eigenvalue weighted by molar-refractivity contribution is 6.28. The number of hydrogen-bond acceptors (Lipinski definition) is 4. The van der Waals surface area contributed by atoms with Gasteiger partial charge in [-0.15, -0.1) is 0 Å². The van der Waals surface area contributed by atoms with E-state index < -0.39 is 11.4 Å². The van der Waals surface area contributed by atoms with Crippen LogP contribution in [-0.2, 0) is 16.1 Å². The first-order valence-corrected chi connectivity index (χ1v) is 9.34. The third-order valence-electron chi connectivity index (χ3n) is 6.13. The second-order valence-electron chi connectivity index (χ2n) is 7.73. The lowest BCUT2D eigenvalue weighted by atomic mass is 9.81. The minimum atomic E-state index is -0.856. The number of carboxylic acid groups (broad SMARTS) is 1. The Hall–Kier alpha value is -1.53. The van der Waals surface area contributed by atoms with E-state index in [4.69, 9.17) is 16.0 Å². The Labute approximate surface area is 151 Å². The number of rotatable bonds is 4. The zero-order valence-corrected chi connectivity index (χ0v) is 14.9. The number of nitrogens with zero attached hydrogens (tertiary/aromatic N) is 2. The van der Waals surface area contributed by atoms with Gasteiger partial charge in [0.05, 0.1) is 6.54 Å². The summed E-state index contributed by atoms with van der Waals surface area (Å²) in [7, 11) is 0. The van der Waals surface area contributed by atoms with Crippen LogP contribution in [0.2, 0.25) is 5.22 Å². The fraction of sp³-hybridized carbons (Fsp3) is 0.667. The highest BCUT2D eigenvalue weighted by Gasteiger charge is 2.58. The number of hydrogen-bond donors (Lipinski definition) is 1. The van der Waals surface area contributed by atoms with Crippen molar-refractivity contribution in [1.29, 1.82) is 0 Å². The molecule has 0 aromatic carbocycles. The summed E-state index contributed by atoms with van der Waals surface area (Å²) in [5.41, 5.74) is -0.856. The van der Waals surface area contributed by atoms with Gasteiger partial charge in [-0.2, -0.15) is 0 Å². The lowest BCUT2D eigenvalue weighted by molar-refractivity contribution is -0.149. The summed E-state index contributed by atoms with van der Waals surface area (Å²) in [6, 6.07) is 3.52. The first kappa shape index (κ1) is 16.9. The fourth-order valence-corrected chi connectivity index (χ4v) is 5.01. The van der Waals surface area contributed by atoms with E-state index in [9.17, 15) is 14.7 Å². The second kappa shape index (κ2) is 6.32. The van der Waals surface area contributed by atoms with Crippen LogP contribution in [0, 0.1) is 17.3 Å². The molecular formula is C18H23ClN2O4. The molecule has 6 nitrogen and oxygen atoms in total. The molecule has 2 aliphatic heterocycles. The van der Waals surface area contributed by atoms with Gasteiger partial charge in [0.1, 0.15) is 11.2 Å². The van der Waals surface area contributed by atoms with E-state index in [1.54, 1.807) is 6.07 Å². The maximum absolute atomic E-state index is 12.7. The molecule has 1 aliphatic carbocycles. The van der Waals surface area contributed by atoms with Crippen molar-refractivity contribution in [1.82, 2.24) is 9.80 Å². The Balaban J connectivity index is 1.46.